The molecule has 4 aromatic rings. The molecule has 0 saturated carbocycles. The van der Waals surface area contributed by atoms with Crippen LogP contribution in [0.1, 0.15) is 19.4 Å². The van der Waals surface area contributed by atoms with Gasteiger partial charge in [-0.25, -0.2) is 4.79 Å². The van der Waals surface area contributed by atoms with Gasteiger partial charge in [-0.15, -0.1) is 5.92 Å². The number of aryl methyl sites for hydroxylation is 1. The number of benzene rings is 1. The lowest BCUT2D eigenvalue weighted by atomic mass is 10.2. The summed E-state index contributed by atoms with van der Waals surface area (Å²) in [6.07, 6.45) is 3.23. The molecule has 10 heteroatoms. The third-order valence-corrected chi connectivity index (χ3v) is 5.40. The Morgan fingerprint density at radius 3 is 2.58 bits per heavy atom. The van der Waals surface area contributed by atoms with Crippen LogP contribution in [0.2, 0.25) is 0 Å². The smallest absolute Gasteiger partial charge is 0.332 e. The Labute approximate surface area is 190 Å². The van der Waals surface area contributed by atoms with Crippen LogP contribution in [-0.2, 0) is 20.1 Å². The molecule has 0 bridgehead atoms. The zero-order chi connectivity index (χ0) is 23.7. The lowest BCUT2D eigenvalue weighted by Gasteiger charge is -2.20. The first kappa shape index (κ1) is 22.2. The first-order valence-corrected chi connectivity index (χ1v) is 10.6. The van der Waals surface area contributed by atoms with Crippen LogP contribution in [0.15, 0.2) is 40.2 Å². The fraction of sp³-hybridized carbons (Fsp3) is 0.348. The second-order valence-electron chi connectivity index (χ2n) is 8.07. The minimum atomic E-state index is -0.445. The van der Waals surface area contributed by atoms with E-state index in [-0.39, 0.29) is 19.1 Å². The minimum absolute atomic E-state index is 0.1000. The molecular weight excluding hydrogens is 420 g/mol. The molecule has 1 atom stereocenters. The Hall–Kier alpha value is -3.97. The zero-order valence-electron chi connectivity index (χ0n) is 19.1. The predicted molar refractivity (Wildman–Crippen MR) is 128 cm³/mol. The van der Waals surface area contributed by atoms with Gasteiger partial charge >= 0.3 is 5.69 Å². The number of nitrogens with zero attached hydrogens (tertiary/aromatic N) is 7. The average Bonchev–Trinajstić information content (AvgIpc) is 3.18. The Bertz CT molecular complexity index is 1520. The molecule has 0 aliphatic heterocycles. The largest absolute Gasteiger partial charge is 0.344 e. The van der Waals surface area contributed by atoms with Crippen molar-refractivity contribution < 1.29 is 0 Å². The highest BCUT2D eigenvalue weighted by atomic mass is 16.2. The number of aromatic nitrogens is 6. The van der Waals surface area contributed by atoms with E-state index in [0.717, 1.165) is 11.1 Å². The number of rotatable bonds is 6. The number of likely N-dealkylation sites (N-methyl/N-ethyl adjacent to an activating group) is 1. The van der Waals surface area contributed by atoms with Crippen LogP contribution in [0.4, 0.5) is 5.95 Å². The van der Waals surface area contributed by atoms with Gasteiger partial charge < -0.3 is 10.6 Å². The highest BCUT2D eigenvalue weighted by Crippen LogP contribution is 2.19. The Morgan fingerprint density at radius 1 is 1.15 bits per heavy atom. The maximum Gasteiger partial charge on any atom is 0.332 e. The third-order valence-electron chi connectivity index (χ3n) is 5.40. The van der Waals surface area contributed by atoms with Crippen LogP contribution < -0.4 is 21.9 Å². The molecule has 1 aromatic carbocycles. The van der Waals surface area contributed by atoms with E-state index < -0.39 is 11.2 Å². The summed E-state index contributed by atoms with van der Waals surface area (Å²) in [5.74, 6) is 6.41. The van der Waals surface area contributed by atoms with Crippen molar-refractivity contribution in [1.29, 1.82) is 0 Å². The van der Waals surface area contributed by atoms with Crippen molar-refractivity contribution in [3.05, 3.63) is 57.0 Å². The molecule has 10 nitrogen and oxygen atoms in total. The van der Waals surface area contributed by atoms with Crippen molar-refractivity contribution >= 4 is 28.1 Å². The topological polar surface area (TPSA) is 117 Å². The highest BCUT2D eigenvalue weighted by Gasteiger charge is 2.22. The van der Waals surface area contributed by atoms with Gasteiger partial charge in [-0.3, -0.25) is 28.5 Å². The molecule has 3 aromatic heterocycles. The third kappa shape index (κ3) is 4.10. The molecule has 0 radical (unpaired) electrons. The van der Waals surface area contributed by atoms with Gasteiger partial charge in [0, 0.05) is 39.1 Å². The van der Waals surface area contributed by atoms with Gasteiger partial charge in [0.05, 0.1) is 24.1 Å². The van der Waals surface area contributed by atoms with Gasteiger partial charge in [0.25, 0.3) is 5.56 Å². The monoisotopic (exact) mass is 446 g/mol. The van der Waals surface area contributed by atoms with E-state index >= 15 is 0 Å². The van der Waals surface area contributed by atoms with Crippen LogP contribution >= 0.6 is 0 Å². The van der Waals surface area contributed by atoms with Crippen LogP contribution in [0, 0.1) is 11.8 Å². The molecule has 3 heterocycles. The van der Waals surface area contributed by atoms with E-state index in [1.165, 1.54) is 9.13 Å². The lowest BCUT2D eigenvalue weighted by molar-refractivity contribution is 0.654. The molecule has 0 unspecified atom stereocenters. The van der Waals surface area contributed by atoms with Crippen molar-refractivity contribution in [2.45, 2.75) is 33.0 Å². The predicted octanol–water partition coefficient (Wildman–Crippen LogP) is 0.695. The number of imidazole rings is 1. The second kappa shape index (κ2) is 8.88. The quantitative estimate of drug-likeness (QED) is 0.433. The first-order valence-electron chi connectivity index (χ1n) is 10.6. The number of nitrogens with two attached hydrogens (primary N) is 1. The molecule has 0 saturated heterocycles. The van der Waals surface area contributed by atoms with E-state index in [1.807, 2.05) is 37.1 Å². The fourth-order valence-electron chi connectivity index (χ4n) is 3.90. The molecule has 33 heavy (non-hydrogen) atoms. The molecule has 0 aliphatic rings. The van der Waals surface area contributed by atoms with Gasteiger partial charge in [-0.2, -0.15) is 4.98 Å². The molecule has 170 valence electrons. The Kier molecular flexibility index (Phi) is 5.98. The van der Waals surface area contributed by atoms with Gasteiger partial charge in [-0.05, 0) is 31.5 Å². The van der Waals surface area contributed by atoms with Crippen molar-refractivity contribution in [2.75, 3.05) is 18.5 Å². The van der Waals surface area contributed by atoms with Crippen molar-refractivity contribution in [2.24, 2.45) is 12.8 Å². The van der Waals surface area contributed by atoms with E-state index in [2.05, 4.69) is 26.8 Å². The Morgan fingerprint density at radius 2 is 1.88 bits per heavy atom. The van der Waals surface area contributed by atoms with Crippen molar-refractivity contribution in [3.8, 4) is 11.8 Å². The summed E-state index contributed by atoms with van der Waals surface area (Å²) in [6, 6.07) is 5.40. The van der Waals surface area contributed by atoms with Gasteiger partial charge in [0.1, 0.15) is 0 Å². The highest BCUT2D eigenvalue weighted by molar-refractivity contribution is 5.75. The second-order valence-corrected chi connectivity index (χ2v) is 8.07. The molecule has 0 aliphatic carbocycles. The Balaban J connectivity index is 1.91. The van der Waals surface area contributed by atoms with Crippen LogP contribution in [0.3, 0.4) is 0 Å². The first-order chi connectivity index (χ1) is 15.8. The number of fused-ring (bicyclic) bond motifs is 2. The summed E-state index contributed by atoms with van der Waals surface area (Å²) in [4.78, 5) is 41.8. The molecular formula is C23H26N8O2. The average molecular weight is 447 g/mol. The maximum atomic E-state index is 13.6. The molecule has 2 N–H and O–H groups in total. The minimum Gasteiger partial charge on any atom is -0.344 e. The van der Waals surface area contributed by atoms with E-state index in [9.17, 15) is 9.59 Å². The normalized spacial score (nSPS) is 12.0. The SMILES string of the molecule is CC#CCn1c(N(C)C[C@H](C)N)nc2c1c(=O)n(Cc1ccc3nccnc3c1)c(=O)n2C. The van der Waals surface area contributed by atoms with E-state index in [1.54, 1.807) is 30.9 Å². The molecule has 4 rings (SSSR count). The van der Waals surface area contributed by atoms with Gasteiger partial charge in [-0.1, -0.05) is 12.0 Å². The molecule has 0 amide bonds. The lowest BCUT2D eigenvalue weighted by Crippen LogP contribution is -2.40. The van der Waals surface area contributed by atoms with Crippen molar-refractivity contribution in [3.63, 3.8) is 0 Å². The maximum absolute atomic E-state index is 13.6. The summed E-state index contributed by atoms with van der Waals surface area (Å²) >= 11 is 0. The van der Waals surface area contributed by atoms with Gasteiger partial charge in [0.15, 0.2) is 11.2 Å². The fourth-order valence-corrected chi connectivity index (χ4v) is 3.90. The standard InChI is InChI=1S/C23H26N8O2/c1-5-6-11-30-19-20(27-22(30)28(3)13-15(2)24)29(4)23(33)31(21(19)32)14-16-7-8-17-18(12-16)26-10-9-25-17/h7-10,12,15H,11,13-14,24H2,1-4H3/t15-/m0/s1. The van der Waals surface area contributed by atoms with Crippen molar-refractivity contribution in [1.82, 2.24) is 28.7 Å². The summed E-state index contributed by atoms with van der Waals surface area (Å²) in [5.41, 5.74) is 7.97. The number of hydrogen-bond acceptors (Lipinski definition) is 7. The zero-order valence-corrected chi connectivity index (χ0v) is 19.1. The molecule has 0 spiro atoms. The van der Waals surface area contributed by atoms with E-state index in [4.69, 9.17) is 5.73 Å². The van der Waals surface area contributed by atoms with E-state index in [0.29, 0.717) is 29.2 Å². The number of hydrogen-bond donors (Lipinski definition) is 1. The van der Waals surface area contributed by atoms with Crippen LogP contribution in [-0.4, -0.2) is 48.3 Å². The van der Waals surface area contributed by atoms with Gasteiger partial charge in [0.2, 0.25) is 5.95 Å². The molecule has 0 fully saturated rings. The summed E-state index contributed by atoms with van der Waals surface area (Å²) < 4.78 is 4.36. The van der Waals surface area contributed by atoms with Crippen LogP contribution in [0.5, 0.6) is 0 Å². The summed E-state index contributed by atoms with van der Waals surface area (Å²) in [6.45, 7) is 4.53. The summed E-state index contributed by atoms with van der Waals surface area (Å²) in [5, 5.41) is 0. The summed E-state index contributed by atoms with van der Waals surface area (Å²) in [7, 11) is 3.47. The van der Waals surface area contributed by atoms with Crippen LogP contribution in [0.25, 0.3) is 22.2 Å². The number of anilines is 1.